The Hall–Kier alpha value is -4.00. The zero-order valence-corrected chi connectivity index (χ0v) is 27.8. The molecule has 0 spiro atoms. The molecule has 0 N–H and O–H groups in total. The summed E-state index contributed by atoms with van der Waals surface area (Å²) in [5.74, 6) is 3.56. The minimum atomic E-state index is 0.0196. The van der Waals surface area contributed by atoms with Crippen molar-refractivity contribution in [2.45, 2.75) is 70.0 Å². The van der Waals surface area contributed by atoms with Crippen LogP contribution in [0.25, 0.3) is 0 Å². The summed E-state index contributed by atoms with van der Waals surface area (Å²) in [6, 6.07) is 34.5. The molecule has 6 heteroatoms. The zero-order valence-electron chi connectivity index (χ0n) is 27.8. The Morgan fingerprint density at radius 2 is 0.830 bits per heavy atom. The molecule has 2 saturated heterocycles. The van der Waals surface area contributed by atoms with Gasteiger partial charge in [0.25, 0.3) is 0 Å². The lowest BCUT2D eigenvalue weighted by Crippen LogP contribution is -2.15. The molecule has 2 aliphatic rings. The predicted molar refractivity (Wildman–Crippen MR) is 185 cm³/mol. The van der Waals surface area contributed by atoms with Gasteiger partial charge in [0.05, 0.1) is 39.1 Å². The molecule has 6 rings (SSSR count). The Bertz CT molecular complexity index is 1480. The van der Waals surface area contributed by atoms with Crippen molar-refractivity contribution in [2.75, 3.05) is 39.6 Å². The fourth-order valence-corrected chi connectivity index (χ4v) is 5.81. The van der Waals surface area contributed by atoms with Crippen LogP contribution < -0.4 is 18.9 Å². The summed E-state index contributed by atoms with van der Waals surface area (Å²) >= 11 is 0. The predicted octanol–water partition coefficient (Wildman–Crippen LogP) is 8.95. The molecule has 0 bridgehead atoms. The van der Waals surface area contributed by atoms with Crippen molar-refractivity contribution in [3.8, 4) is 23.0 Å². The summed E-state index contributed by atoms with van der Waals surface area (Å²) in [4.78, 5) is 0. The monoisotopic (exact) mass is 636 g/mol. The van der Waals surface area contributed by atoms with E-state index in [-0.39, 0.29) is 17.9 Å². The molecule has 248 valence electrons. The van der Waals surface area contributed by atoms with Crippen molar-refractivity contribution >= 4 is 0 Å². The van der Waals surface area contributed by atoms with E-state index >= 15 is 0 Å². The summed E-state index contributed by atoms with van der Waals surface area (Å²) in [5.41, 5.74) is 4.84. The SMILES string of the molecule is CCCCOc1ccc(C(c2ccc(OCCC3CO3)cc2)C(c2ccc(OCCCC)cc2)c2ccc(OCC3CO3)cc2)cc1. The third kappa shape index (κ3) is 9.75. The topological polar surface area (TPSA) is 62.0 Å². The average molecular weight is 637 g/mol. The van der Waals surface area contributed by atoms with Gasteiger partial charge in [0.15, 0.2) is 0 Å². The Morgan fingerprint density at radius 1 is 0.489 bits per heavy atom. The second-order valence-corrected chi connectivity index (χ2v) is 12.5. The van der Waals surface area contributed by atoms with Crippen molar-refractivity contribution in [1.82, 2.24) is 0 Å². The van der Waals surface area contributed by atoms with Crippen LogP contribution in [0.1, 0.15) is 80.0 Å². The van der Waals surface area contributed by atoms with Gasteiger partial charge in [0, 0.05) is 18.3 Å². The molecule has 0 radical (unpaired) electrons. The van der Waals surface area contributed by atoms with Crippen molar-refractivity contribution < 1.29 is 28.4 Å². The minimum Gasteiger partial charge on any atom is -0.494 e. The molecule has 2 aliphatic heterocycles. The van der Waals surface area contributed by atoms with Crippen LogP contribution in [0.5, 0.6) is 23.0 Å². The summed E-state index contributed by atoms with van der Waals surface area (Å²) in [7, 11) is 0. The fourth-order valence-electron chi connectivity index (χ4n) is 5.81. The smallest absolute Gasteiger partial charge is 0.119 e. The zero-order chi connectivity index (χ0) is 32.3. The Kier molecular flexibility index (Phi) is 11.7. The van der Waals surface area contributed by atoms with E-state index in [0.29, 0.717) is 19.3 Å². The van der Waals surface area contributed by atoms with E-state index in [9.17, 15) is 0 Å². The second kappa shape index (κ2) is 16.7. The molecule has 0 saturated carbocycles. The highest BCUT2D eigenvalue weighted by Crippen LogP contribution is 2.44. The van der Waals surface area contributed by atoms with Crippen molar-refractivity contribution in [3.05, 3.63) is 119 Å². The quantitative estimate of drug-likeness (QED) is 0.0713. The first kappa shape index (κ1) is 32.9. The van der Waals surface area contributed by atoms with Gasteiger partial charge in [-0.05, 0) is 83.6 Å². The maximum Gasteiger partial charge on any atom is 0.119 e. The largest absolute Gasteiger partial charge is 0.494 e. The lowest BCUT2D eigenvalue weighted by Gasteiger charge is -2.30. The van der Waals surface area contributed by atoms with E-state index in [1.54, 1.807) is 0 Å². The van der Waals surface area contributed by atoms with Gasteiger partial charge in [0.2, 0.25) is 0 Å². The lowest BCUT2D eigenvalue weighted by atomic mass is 9.73. The van der Waals surface area contributed by atoms with Gasteiger partial charge >= 0.3 is 0 Å². The summed E-state index contributed by atoms with van der Waals surface area (Å²) in [6.07, 6.45) is 5.79. The first-order valence-electron chi connectivity index (χ1n) is 17.3. The van der Waals surface area contributed by atoms with Gasteiger partial charge in [-0.3, -0.25) is 0 Å². The van der Waals surface area contributed by atoms with Gasteiger partial charge in [-0.25, -0.2) is 0 Å². The van der Waals surface area contributed by atoms with Crippen LogP contribution in [-0.4, -0.2) is 51.8 Å². The van der Waals surface area contributed by atoms with E-state index in [0.717, 1.165) is 81.5 Å². The van der Waals surface area contributed by atoms with Gasteiger partial charge in [-0.2, -0.15) is 0 Å². The Balaban J connectivity index is 1.34. The van der Waals surface area contributed by atoms with Gasteiger partial charge in [-0.15, -0.1) is 0 Å². The maximum atomic E-state index is 6.07. The third-order valence-corrected chi connectivity index (χ3v) is 8.77. The molecule has 0 aliphatic carbocycles. The number of rotatable bonds is 20. The second-order valence-electron chi connectivity index (χ2n) is 12.5. The van der Waals surface area contributed by atoms with Crippen LogP contribution in [0.15, 0.2) is 97.1 Å². The van der Waals surface area contributed by atoms with E-state index in [4.69, 9.17) is 28.4 Å². The summed E-state index contributed by atoms with van der Waals surface area (Å²) < 4.78 is 34.8. The Morgan fingerprint density at radius 3 is 1.17 bits per heavy atom. The maximum absolute atomic E-state index is 6.07. The van der Waals surface area contributed by atoms with E-state index < -0.39 is 0 Å². The molecule has 0 amide bonds. The summed E-state index contributed by atoms with van der Waals surface area (Å²) in [6.45, 7) is 8.68. The standard InChI is InChI=1S/C41H48O6/c1-3-5-24-42-34-15-7-30(8-16-34)40(32-11-19-36(20-12-32)44-26-23-38-27-46-38)41(31-9-17-35(18-10-31)43-25-6-4-2)33-13-21-37(22-14-33)45-28-39-29-47-39/h7-22,38-41H,3-6,23-29H2,1-2H3. The Labute approximate surface area is 279 Å². The molecule has 4 unspecified atom stereocenters. The van der Waals surface area contributed by atoms with Crippen molar-refractivity contribution in [2.24, 2.45) is 0 Å². The first-order valence-corrected chi connectivity index (χ1v) is 17.3. The first-order chi connectivity index (χ1) is 23.2. The number of ether oxygens (including phenoxy) is 6. The highest BCUT2D eigenvalue weighted by molar-refractivity contribution is 5.48. The molecule has 2 heterocycles. The molecule has 47 heavy (non-hydrogen) atoms. The van der Waals surface area contributed by atoms with E-state index in [1.165, 1.54) is 22.3 Å². The van der Waals surface area contributed by atoms with Crippen molar-refractivity contribution in [3.63, 3.8) is 0 Å². The van der Waals surface area contributed by atoms with Crippen molar-refractivity contribution in [1.29, 1.82) is 0 Å². The van der Waals surface area contributed by atoms with Gasteiger partial charge in [-0.1, -0.05) is 75.2 Å². The molecule has 4 aromatic rings. The van der Waals surface area contributed by atoms with Crippen LogP contribution in [0.3, 0.4) is 0 Å². The number of hydrogen-bond donors (Lipinski definition) is 0. The number of epoxide rings is 2. The van der Waals surface area contributed by atoms with Gasteiger partial charge in [0.1, 0.15) is 35.7 Å². The fraction of sp³-hybridized carbons (Fsp3) is 0.415. The normalized spacial score (nSPS) is 17.8. The minimum absolute atomic E-state index is 0.0196. The average Bonchev–Trinajstić information content (AvgIpc) is 4.05. The van der Waals surface area contributed by atoms with Crippen LogP contribution in [0.4, 0.5) is 0 Å². The number of unbranched alkanes of at least 4 members (excludes halogenated alkanes) is 2. The molecular formula is C41H48O6. The molecule has 4 aromatic carbocycles. The molecule has 4 atom stereocenters. The lowest BCUT2D eigenvalue weighted by molar-refractivity contribution is 0.263. The van der Waals surface area contributed by atoms with Crippen LogP contribution >= 0.6 is 0 Å². The van der Waals surface area contributed by atoms with E-state index in [2.05, 4.69) is 111 Å². The highest BCUT2D eigenvalue weighted by atomic mass is 16.6. The number of hydrogen-bond acceptors (Lipinski definition) is 6. The highest BCUT2D eigenvalue weighted by Gasteiger charge is 2.29. The molecular weight excluding hydrogens is 588 g/mol. The van der Waals surface area contributed by atoms with E-state index in [1.807, 2.05) is 0 Å². The van der Waals surface area contributed by atoms with Crippen LogP contribution in [-0.2, 0) is 9.47 Å². The molecule has 0 aromatic heterocycles. The molecule has 2 fully saturated rings. The number of benzene rings is 4. The van der Waals surface area contributed by atoms with Gasteiger partial charge < -0.3 is 28.4 Å². The molecule has 6 nitrogen and oxygen atoms in total. The third-order valence-electron chi connectivity index (χ3n) is 8.77. The summed E-state index contributed by atoms with van der Waals surface area (Å²) in [5, 5.41) is 0. The van der Waals surface area contributed by atoms with Crippen LogP contribution in [0, 0.1) is 0 Å². The van der Waals surface area contributed by atoms with Crippen LogP contribution in [0.2, 0.25) is 0 Å².